The molecule has 2 aromatic carbocycles. The van der Waals surface area contributed by atoms with E-state index in [0.29, 0.717) is 0 Å². The predicted octanol–water partition coefficient (Wildman–Crippen LogP) is 5.11. The first-order valence-electron chi connectivity index (χ1n) is 8.92. The van der Waals surface area contributed by atoms with Crippen molar-refractivity contribution in [2.24, 2.45) is 0 Å². The Kier molecular flexibility index (Phi) is 9.37. The van der Waals surface area contributed by atoms with E-state index < -0.39 is 44.1 Å². The van der Waals surface area contributed by atoms with Gasteiger partial charge in [-0.3, -0.25) is 0 Å². The summed E-state index contributed by atoms with van der Waals surface area (Å²) < 4.78 is 79.1. The third kappa shape index (κ3) is 7.20. The van der Waals surface area contributed by atoms with Gasteiger partial charge in [-0.05, 0) is 11.1 Å². The molecule has 2 nitrogen and oxygen atoms in total. The second-order valence-electron chi connectivity index (χ2n) is 6.37. The quantitative estimate of drug-likeness (QED) is 0.460. The van der Waals surface area contributed by atoms with E-state index >= 15 is 0 Å². The van der Waals surface area contributed by atoms with Crippen molar-refractivity contribution in [1.82, 2.24) is 0 Å². The van der Waals surface area contributed by atoms with E-state index in [1.54, 1.807) is 60.7 Å². The Labute approximate surface area is 161 Å². The summed E-state index contributed by atoms with van der Waals surface area (Å²) in [4.78, 5) is 0. The number of hydrogen-bond acceptors (Lipinski definition) is 2. The van der Waals surface area contributed by atoms with Gasteiger partial charge in [-0.2, -0.15) is 0 Å². The molecule has 0 heterocycles. The molecule has 2 aromatic rings. The van der Waals surface area contributed by atoms with E-state index in [1.807, 2.05) is 0 Å². The van der Waals surface area contributed by atoms with Crippen LogP contribution in [0.3, 0.4) is 0 Å². The van der Waals surface area contributed by atoms with Crippen molar-refractivity contribution in [1.29, 1.82) is 0 Å². The first-order valence-corrected chi connectivity index (χ1v) is 8.92. The molecular formula is C21H23F5O2. The molecule has 0 fully saturated rings. The Morgan fingerprint density at radius 1 is 0.536 bits per heavy atom. The smallest absolute Gasteiger partial charge is 0.168 e. The van der Waals surface area contributed by atoms with Gasteiger partial charge in [0.25, 0.3) is 0 Å². The lowest BCUT2D eigenvalue weighted by molar-refractivity contribution is -0.0451. The summed E-state index contributed by atoms with van der Waals surface area (Å²) >= 11 is 0. The van der Waals surface area contributed by atoms with Crippen LogP contribution in [0, 0.1) is 0 Å². The highest BCUT2D eigenvalue weighted by atomic mass is 19.2. The lowest BCUT2D eigenvalue weighted by atomic mass is 10.0. The zero-order chi connectivity index (χ0) is 20.4. The van der Waals surface area contributed by atoms with Crippen LogP contribution in [0.1, 0.15) is 11.1 Å². The molecule has 2 rings (SSSR count). The molecule has 7 heteroatoms. The number of benzene rings is 2. The average Bonchev–Trinajstić information content (AvgIpc) is 2.73. The number of alkyl halides is 5. The minimum atomic E-state index is -2.95. The van der Waals surface area contributed by atoms with Gasteiger partial charge in [-0.15, -0.1) is 0 Å². The largest absolute Gasteiger partial charge is 0.374 e. The molecule has 0 spiro atoms. The van der Waals surface area contributed by atoms with Gasteiger partial charge in [0.15, 0.2) is 30.9 Å². The van der Waals surface area contributed by atoms with Crippen LogP contribution in [0.25, 0.3) is 0 Å². The lowest BCUT2D eigenvalue weighted by Gasteiger charge is -2.22. The third-order valence-electron chi connectivity index (χ3n) is 4.08. The summed E-state index contributed by atoms with van der Waals surface area (Å²) in [6.45, 7) is -1.51. The SMILES string of the molecule is FC([C@@H](F)[C@H](F)COCc1ccccc1)[C@H](F)[C@@H](F)COCc1ccccc1. The van der Waals surface area contributed by atoms with Gasteiger partial charge in [0, 0.05) is 0 Å². The molecule has 0 bridgehead atoms. The highest BCUT2D eigenvalue weighted by molar-refractivity contribution is 5.14. The second-order valence-corrected chi connectivity index (χ2v) is 6.37. The summed E-state index contributed by atoms with van der Waals surface area (Å²) in [5, 5.41) is 0. The Morgan fingerprint density at radius 3 is 1.25 bits per heavy atom. The van der Waals surface area contributed by atoms with E-state index in [2.05, 4.69) is 0 Å². The number of halogens is 5. The zero-order valence-electron chi connectivity index (χ0n) is 15.2. The predicted molar refractivity (Wildman–Crippen MR) is 96.7 cm³/mol. The van der Waals surface area contributed by atoms with E-state index in [0.717, 1.165) is 11.1 Å². The molecule has 0 aromatic heterocycles. The number of hydrogen-bond donors (Lipinski definition) is 0. The van der Waals surface area contributed by atoms with Crippen molar-refractivity contribution in [3.05, 3.63) is 71.8 Å². The van der Waals surface area contributed by atoms with E-state index in [4.69, 9.17) is 9.47 Å². The molecule has 0 aliphatic carbocycles. The monoisotopic (exact) mass is 402 g/mol. The Morgan fingerprint density at radius 2 is 0.893 bits per heavy atom. The minimum Gasteiger partial charge on any atom is -0.374 e. The van der Waals surface area contributed by atoms with Gasteiger partial charge >= 0.3 is 0 Å². The van der Waals surface area contributed by atoms with Crippen LogP contribution >= 0.6 is 0 Å². The van der Waals surface area contributed by atoms with Crippen molar-refractivity contribution >= 4 is 0 Å². The lowest BCUT2D eigenvalue weighted by Crippen LogP contribution is -2.42. The van der Waals surface area contributed by atoms with Gasteiger partial charge in [0.05, 0.1) is 26.4 Å². The van der Waals surface area contributed by atoms with Gasteiger partial charge in [-0.1, -0.05) is 60.7 Å². The van der Waals surface area contributed by atoms with E-state index in [-0.39, 0.29) is 13.2 Å². The summed E-state index contributed by atoms with van der Waals surface area (Å²) in [6.07, 6.45) is -13.4. The molecule has 0 aliphatic heterocycles. The molecule has 5 atom stereocenters. The summed E-state index contributed by atoms with van der Waals surface area (Å²) in [5.41, 5.74) is 1.45. The fourth-order valence-corrected chi connectivity index (χ4v) is 2.49. The van der Waals surface area contributed by atoms with E-state index in [9.17, 15) is 22.0 Å². The highest BCUT2D eigenvalue weighted by Crippen LogP contribution is 2.22. The van der Waals surface area contributed by atoms with E-state index in [1.165, 1.54) is 0 Å². The first kappa shape index (κ1) is 22.3. The maximum absolute atomic E-state index is 13.9. The normalized spacial score (nSPS) is 16.9. The Balaban J connectivity index is 1.71. The Hall–Kier alpha value is -1.99. The Bertz CT molecular complexity index is 601. The van der Waals surface area contributed by atoms with Crippen molar-refractivity contribution in [2.45, 2.75) is 44.1 Å². The molecular weight excluding hydrogens is 379 g/mol. The van der Waals surface area contributed by atoms with Crippen molar-refractivity contribution in [3.63, 3.8) is 0 Å². The van der Waals surface area contributed by atoms with Crippen LogP contribution in [0.2, 0.25) is 0 Å². The molecule has 0 N–H and O–H groups in total. The molecule has 0 amide bonds. The molecule has 28 heavy (non-hydrogen) atoms. The van der Waals surface area contributed by atoms with Crippen LogP contribution in [0.4, 0.5) is 22.0 Å². The molecule has 0 aliphatic rings. The topological polar surface area (TPSA) is 18.5 Å². The maximum Gasteiger partial charge on any atom is 0.168 e. The van der Waals surface area contributed by atoms with Crippen LogP contribution in [0.15, 0.2) is 60.7 Å². The second kappa shape index (κ2) is 11.8. The van der Waals surface area contributed by atoms with Crippen molar-refractivity contribution in [2.75, 3.05) is 13.2 Å². The van der Waals surface area contributed by atoms with Crippen LogP contribution in [-0.4, -0.2) is 44.1 Å². The van der Waals surface area contributed by atoms with Crippen LogP contribution in [0.5, 0.6) is 0 Å². The maximum atomic E-state index is 13.9. The molecule has 154 valence electrons. The summed E-state index contributed by atoms with van der Waals surface area (Å²) in [5.74, 6) is 0. The average molecular weight is 402 g/mol. The summed E-state index contributed by atoms with van der Waals surface area (Å²) in [6, 6.07) is 17.4. The number of rotatable bonds is 12. The standard InChI is InChI=1S/C21H23F5O2/c22-17(13-27-11-15-7-3-1-4-8-15)19(24)21(26)20(25)18(23)14-28-12-16-9-5-2-6-10-16/h1-10,17-21H,11-14H2/t17-,18+,19+,20-,21?. The third-order valence-corrected chi connectivity index (χ3v) is 4.08. The van der Waals surface area contributed by atoms with Crippen molar-refractivity contribution < 1.29 is 31.4 Å². The molecule has 0 saturated carbocycles. The number of ether oxygens (including phenoxy) is 2. The highest BCUT2D eigenvalue weighted by Gasteiger charge is 2.40. The molecule has 0 saturated heterocycles. The van der Waals surface area contributed by atoms with Gasteiger partial charge in [-0.25, -0.2) is 22.0 Å². The molecule has 0 radical (unpaired) electrons. The van der Waals surface area contributed by atoms with Gasteiger partial charge in [0.2, 0.25) is 0 Å². The molecule has 1 unspecified atom stereocenters. The summed E-state index contributed by atoms with van der Waals surface area (Å²) in [7, 11) is 0. The van der Waals surface area contributed by atoms with Crippen LogP contribution < -0.4 is 0 Å². The van der Waals surface area contributed by atoms with Crippen molar-refractivity contribution in [3.8, 4) is 0 Å². The van der Waals surface area contributed by atoms with Crippen LogP contribution in [-0.2, 0) is 22.7 Å². The van der Waals surface area contributed by atoms with Gasteiger partial charge < -0.3 is 9.47 Å². The fraction of sp³-hybridized carbons (Fsp3) is 0.429. The minimum absolute atomic E-state index is 0.00302. The van der Waals surface area contributed by atoms with Gasteiger partial charge in [0.1, 0.15) is 0 Å². The first-order chi connectivity index (χ1) is 13.5. The fourth-order valence-electron chi connectivity index (χ4n) is 2.49. The zero-order valence-corrected chi connectivity index (χ0v) is 15.2.